The lowest BCUT2D eigenvalue weighted by Gasteiger charge is -2.07. The van der Waals surface area contributed by atoms with Crippen LogP contribution in [0.5, 0.6) is 0 Å². The van der Waals surface area contributed by atoms with Crippen molar-refractivity contribution in [2.45, 2.75) is 13.8 Å². The fraction of sp³-hybridized carbons (Fsp3) is 0.267. The minimum atomic E-state index is -0.510. The molecule has 110 valence electrons. The highest BCUT2D eigenvalue weighted by Crippen LogP contribution is 2.05. The Kier molecular flexibility index (Phi) is 5.96. The largest absolute Gasteiger partial charge is 0.399 e. The van der Waals surface area contributed by atoms with Crippen LogP contribution in [0, 0.1) is 17.2 Å². The Morgan fingerprint density at radius 1 is 1.33 bits per heavy atom. The molecule has 1 rings (SSSR count). The highest BCUT2D eigenvalue weighted by Gasteiger charge is 2.10. The predicted molar refractivity (Wildman–Crippen MR) is 79.9 cm³/mol. The van der Waals surface area contributed by atoms with Gasteiger partial charge in [0.15, 0.2) is 0 Å². The van der Waals surface area contributed by atoms with Gasteiger partial charge in [-0.25, -0.2) is 0 Å². The molecule has 4 N–H and O–H groups in total. The van der Waals surface area contributed by atoms with E-state index in [1.807, 2.05) is 13.8 Å². The number of amides is 2. The number of anilines is 1. The Bertz CT molecular complexity index is 583. The normalized spacial score (nSPS) is 10.9. The zero-order valence-corrected chi connectivity index (χ0v) is 12.0. The third kappa shape index (κ3) is 5.37. The summed E-state index contributed by atoms with van der Waals surface area (Å²) in [5.41, 5.74) is 6.31. The SMILES string of the molecule is CC(C)CNC(=O)/C(C#N)=C\NC(=O)c1ccc(N)cc1. The molecule has 1 aromatic rings. The molecular formula is C15H18N4O2. The molecule has 0 unspecified atom stereocenters. The smallest absolute Gasteiger partial charge is 0.263 e. The maximum absolute atomic E-state index is 11.8. The van der Waals surface area contributed by atoms with Gasteiger partial charge in [-0.3, -0.25) is 9.59 Å². The number of nitrogens with two attached hydrogens (primary N) is 1. The summed E-state index contributed by atoms with van der Waals surface area (Å²) in [5, 5.41) is 14.0. The standard InChI is InChI=1S/C15H18N4O2/c1-10(2)8-18-15(21)12(7-16)9-19-14(20)11-3-5-13(17)6-4-11/h3-6,9-10H,8,17H2,1-2H3,(H,18,21)(H,19,20)/b12-9-. The summed E-state index contributed by atoms with van der Waals surface area (Å²) in [6, 6.07) is 8.07. The molecule has 0 spiro atoms. The molecule has 0 bridgehead atoms. The zero-order valence-electron chi connectivity index (χ0n) is 12.0. The van der Waals surface area contributed by atoms with Crippen LogP contribution < -0.4 is 16.4 Å². The van der Waals surface area contributed by atoms with Crippen molar-refractivity contribution in [1.29, 1.82) is 5.26 Å². The van der Waals surface area contributed by atoms with E-state index in [0.717, 1.165) is 6.20 Å². The number of nitrogens with zero attached hydrogens (tertiary/aromatic N) is 1. The van der Waals surface area contributed by atoms with Crippen molar-refractivity contribution in [1.82, 2.24) is 10.6 Å². The molecule has 0 atom stereocenters. The van der Waals surface area contributed by atoms with E-state index >= 15 is 0 Å². The Morgan fingerprint density at radius 2 is 1.95 bits per heavy atom. The van der Waals surface area contributed by atoms with Gasteiger partial charge >= 0.3 is 0 Å². The molecule has 6 nitrogen and oxygen atoms in total. The van der Waals surface area contributed by atoms with Gasteiger partial charge in [0.1, 0.15) is 11.6 Å². The van der Waals surface area contributed by atoms with Crippen molar-refractivity contribution in [3.05, 3.63) is 41.6 Å². The first kappa shape index (κ1) is 16.2. The van der Waals surface area contributed by atoms with Crippen molar-refractivity contribution in [3.63, 3.8) is 0 Å². The van der Waals surface area contributed by atoms with Gasteiger partial charge in [-0.2, -0.15) is 5.26 Å². The van der Waals surface area contributed by atoms with Crippen LogP contribution in [0.25, 0.3) is 0 Å². The van der Waals surface area contributed by atoms with Crippen molar-refractivity contribution >= 4 is 17.5 Å². The van der Waals surface area contributed by atoms with Gasteiger partial charge < -0.3 is 16.4 Å². The summed E-state index contributed by atoms with van der Waals surface area (Å²) >= 11 is 0. The Balaban J connectivity index is 2.68. The van der Waals surface area contributed by atoms with Crippen molar-refractivity contribution in [3.8, 4) is 6.07 Å². The molecular weight excluding hydrogens is 268 g/mol. The average Bonchev–Trinajstić information content (AvgIpc) is 2.46. The second-order valence-electron chi connectivity index (χ2n) is 4.87. The number of rotatable bonds is 5. The van der Waals surface area contributed by atoms with Gasteiger partial charge in [-0.15, -0.1) is 0 Å². The number of hydrogen-bond acceptors (Lipinski definition) is 4. The number of nitrogens with one attached hydrogen (secondary N) is 2. The molecule has 2 amide bonds. The van der Waals surface area contributed by atoms with Gasteiger partial charge in [-0.1, -0.05) is 13.8 Å². The Morgan fingerprint density at radius 3 is 2.48 bits per heavy atom. The van der Waals surface area contributed by atoms with E-state index < -0.39 is 11.8 Å². The van der Waals surface area contributed by atoms with E-state index in [2.05, 4.69) is 10.6 Å². The molecule has 0 saturated heterocycles. The molecule has 0 saturated carbocycles. The summed E-state index contributed by atoms with van der Waals surface area (Å²) in [6.07, 6.45) is 1.11. The third-order valence-electron chi connectivity index (χ3n) is 2.56. The van der Waals surface area contributed by atoms with Crippen molar-refractivity contribution < 1.29 is 9.59 Å². The number of hydrogen-bond donors (Lipinski definition) is 3. The molecule has 1 aromatic carbocycles. The van der Waals surface area contributed by atoms with Crippen LogP contribution in [0.15, 0.2) is 36.0 Å². The highest BCUT2D eigenvalue weighted by atomic mass is 16.2. The van der Waals surface area contributed by atoms with Crippen LogP contribution in [0.2, 0.25) is 0 Å². The van der Waals surface area contributed by atoms with Crippen LogP contribution in [0.1, 0.15) is 24.2 Å². The van der Waals surface area contributed by atoms with Gasteiger partial charge in [0.25, 0.3) is 11.8 Å². The Hall–Kier alpha value is -2.81. The van der Waals surface area contributed by atoms with Gasteiger partial charge in [0, 0.05) is 24.0 Å². The van der Waals surface area contributed by atoms with Crippen LogP contribution in [-0.4, -0.2) is 18.4 Å². The van der Waals surface area contributed by atoms with Crippen LogP contribution in [0.4, 0.5) is 5.69 Å². The molecule has 0 fully saturated rings. The molecule has 0 radical (unpaired) electrons. The molecule has 0 aliphatic rings. The van der Waals surface area contributed by atoms with Crippen LogP contribution >= 0.6 is 0 Å². The summed E-state index contributed by atoms with van der Waals surface area (Å²) in [4.78, 5) is 23.5. The topological polar surface area (TPSA) is 108 Å². The molecule has 0 aromatic heterocycles. The minimum Gasteiger partial charge on any atom is -0.399 e. The quantitative estimate of drug-likeness (QED) is 0.429. The minimum absolute atomic E-state index is 0.153. The predicted octanol–water partition coefficient (Wildman–Crippen LogP) is 1.18. The zero-order chi connectivity index (χ0) is 15.8. The van der Waals surface area contributed by atoms with E-state index in [0.29, 0.717) is 17.8 Å². The second-order valence-corrected chi connectivity index (χ2v) is 4.87. The van der Waals surface area contributed by atoms with E-state index in [1.165, 1.54) is 0 Å². The fourth-order valence-corrected chi connectivity index (χ4v) is 1.40. The monoisotopic (exact) mass is 286 g/mol. The van der Waals surface area contributed by atoms with E-state index in [4.69, 9.17) is 11.0 Å². The van der Waals surface area contributed by atoms with Crippen LogP contribution in [-0.2, 0) is 4.79 Å². The maximum Gasteiger partial charge on any atom is 0.263 e. The van der Waals surface area contributed by atoms with Crippen LogP contribution in [0.3, 0.4) is 0 Å². The van der Waals surface area contributed by atoms with Gasteiger partial charge in [0.2, 0.25) is 0 Å². The first-order valence-corrected chi connectivity index (χ1v) is 6.49. The average molecular weight is 286 g/mol. The summed E-state index contributed by atoms with van der Waals surface area (Å²) in [7, 11) is 0. The first-order chi connectivity index (χ1) is 9.93. The lowest BCUT2D eigenvalue weighted by Crippen LogP contribution is -2.29. The summed E-state index contributed by atoms with van der Waals surface area (Å²) < 4.78 is 0. The van der Waals surface area contributed by atoms with E-state index in [-0.39, 0.29) is 11.5 Å². The second kappa shape index (κ2) is 7.70. The molecule has 21 heavy (non-hydrogen) atoms. The molecule has 0 aliphatic heterocycles. The number of nitriles is 1. The number of benzene rings is 1. The Labute approximate surface area is 123 Å². The summed E-state index contributed by atoms with van der Waals surface area (Å²) in [6.45, 7) is 4.35. The fourth-order valence-electron chi connectivity index (χ4n) is 1.40. The molecule has 0 aliphatic carbocycles. The van der Waals surface area contributed by atoms with E-state index in [1.54, 1.807) is 30.3 Å². The molecule has 0 heterocycles. The van der Waals surface area contributed by atoms with Gasteiger partial charge in [0.05, 0.1) is 0 Å². The van der Waals surface area contributed by atoms with Crippen molar-refractivity contribution in [2.75, 3.05) is 12.3 Å². The number of carbonyl (C=O) groups is 2. The first-order valence-electron chi connectivity index (χ1n) is 6.49. The van der Waals surface area contributed by atoms with Crippen molar-refractivity contribution in [2.24, 2.45) is 5.92 Å². The highest BCUT2D eigenvalue weighted by molar-refractivity contribution is 5.99. The molecule has 6 heteroatoms. The maximum atomic E-state index is 11.8. The van der Waals surface area contributed by atoms with Gasteiger partial charge in [-0.05, 0) is 30.2 Å². The summed E-state index contributed by atoms with van der Waals surface area (Å²) in [5.74, 6) is -0.651. The van der Waals surface area contributed by atoms with E-state index in [9.17, 15) is 9.59 Å². The number of nitrogen functional groups attached to an aromatic ring is 1. The lowest BCUT2D eigenvalue weighted by molar-refractivity contribution is -0.117. The number of carbonyl (C=O) groups excluding carboxylic acids is 2. The third-order valence-corrected chi connectivity index (χ3v) is 2.56. The lowest BCUT2D eigenvalue weighted by atomic mass is 10.2.